The average Bonchev–Trinajstić information content (AvgIpc) is 3.38. The van der Waals surface area contributed by atoms with Crippen molar-refractivity contribution < 1.29 is 36.3 Å². The fourth-order valence-corrected chi connectivity index (χ4v) is 6.86. The van der Waals surface area contributed by atoms with E-state index in [-0.39, 0.29) is 43.9 Å². The summed E-state index contributed by atoms with van der Waals surface area (Å²) in [7, 11) is -2.33. The molecule has 0 saturated carbocycles. The molecule has 0 atom stereocenters. The second-order valence-electron chi connectivity index (χ2n) is 10.9. The van der Waals surface area contributed by atoms with E-state index in [0.29, 0.717) is 54.8 Å². The van der Waals surface area contributed by atoms with Crippen molar-refractivity contribution in [3.63, 3.8) is 0 Å². The van der Waals surface area contributed by atoms with Crippen LogP contribution in [0, 0.1) is 11.6 Å². The lowest BCUT2D eigenvalue weighted by atomic mass is 9.98. The van der Waals surface area contributed by atoms with Crippen molar-refractivity contribution >= 4 is 33.2 Å². The van der Waals surface area contributed by atoms with Crippen LogP contribution in [0.3, 0.4) is 0 Å². The summed E-state index contributed by atoms with van der Waals surface area (Å²) in [6.07, 6.45) is 1.79. The molecule has 236 valence electrons. The Kier molecular flexibility index (Phi) is 9.61. The van der Waals surface area contributed by atoms with Crippen LogP contribution in [-0.2, 0) is 43.7 Å². The summed E-state index contributed by atoms with van der Waals surface area (Å²) in [5.74, 6) is -2.54. The molecule has 0 amide bonds. The van der Waals surface area contributed by atoms with Crippen molar-refractivity contribution in [1.82, 2.24) is 14.5 Å². The molecule has 44 heavy (non-hydrogen) atoms. The van der Waals surface area contributed by atoms with Gasteiger partial charge in [0.2, 0.25) is 10.0 Å². The first kappa shape index (κ1) is 31.5. The number of benzene rings is 2. The molecule has 1 fully saturated rings. The van der Waals surface area contributed by atoms with E-state index < -0.39 is 26.6 Å². The van der Waals surface area contributed by atoms with Gasteiger partial charge in [-0.05, 0) is 43.2 Å². The maximum absolute atomic E-state index is 13.8. The van der Waals surface area contributed by atoms with Gasteiger partial charge in [-0.15, -0.1) is 0 Å². The minimum atomic E-state index is -4.20. The summed E-state index contributed by atoms with van der Waals surface area (Å²) >= 11 is 0. The van der Waals surface area contributed by atoms with Gasteiger partial charge in [0, 0.05) is 87.0 Å². The smallest absolute Gasteiger partial charge is 0.302 e. The first-order chi connectivity index (χ1) is 21.0. The molecule has 3 heterocycles. The van der Waals surface area contributed by atoms with Crippen LogP contribution in [0.5, 0.6) is 0 Å². The molecule has 2 aromatic carbocycles. The van der Waals surface area contributed by atoms with Crippen molar-refractivity contribution in [2.45, 2.75) is 50.1 Å². The molecule has 0 bridgehead atoms. The molecule has 0 unspecified atom stereocenters. The summed E-state index contributed by atoms with van der Waals surface area (Å²) in [6.45, 7) is 3.27. The molecular formula is C30H35F2N5O6S. The second-order valence-corrected chi connectivity index (χ2v) is 12.9. The molecular weight excluding hydrogens is 596 g/mol. The maximum Gasteiger partial charge on any atom is 0.302 e. The molecule has 2 aliphatic rings. The molecule has 0 spiro atoms. The third-order valence-corrected chi connectivity index (χ3v) is 9.67. The number of Topliss-reactive ketones (excluding diaryl/α,β-unsaturated/α-hetero) is 1. The first-order valence-corrected chi connectivity index (χ1v) is 15.8. The molecule has 1 saturated heterocycles. The number of esters is 1. The Bertz CT molecular complexity index is 1620. The zero-order chi connectivity index (χ0) is 31.4. The minimum Gasteiger partial charge on any atom is -0.464 e. The summed E-state index contributed by atoms with van der Waals surface area (Å²) in [4.78, 5) is 26.4. The number of anilines is 2. The molecule has 0 aliphatic carbocycles. The lowest BCUT2D eigenvalue weighted by Gasteiger charge is -2.27. The van der Waals surface area contributed by atoms with Gasteiger partial charge < -0.3 is 19.7 Å². The van der Waals surface area contributed by atoms with Crippen LogP contribution < -0.4 is 10.2 Å². The van der Waals surface area contributed by atoms with Crippen LogP contribution in [0.1, 0.15) is 47.1 Å². The van der Waals surface area contributed by atoms with Crippen molar-refractivity contribution in [3.05, 3.63) is 70.5 Å². The highest BCUT2D eigenvalue weighted by atomic mass is 32.2. The quantitative estimate of drug-likeness (QED) is 0.241. The Morgan fingerprint density at radius 1 is 1.16 bits per heavy atom. The number of fused-ring (bicyclic) bond motifs is 1. The Hall–Kier alpha value is -3.88. The minimum absolute atomic E-state index is 0.0849. The number of halogens is 2. The number of rotatable bonds is 11. The Morgan fingerprint density at radius 2 is 1.89 bits per heavy atom. The number of hydrogen-bond donors (Lipinski definition) is 2. The molecule has 5 rings (SSSR count). The van der Waals surface area contributed by atoms with Crippen molar-refractivity contribution in [1.29, 1.82) is 0 Å². The van der Waals surface area contributed by atoms with E-state index in [1.165, 1.54) is 6.92 Å². The van der Waals surface area contributed by atoms with E-state index in [2.05, 4.69) is 15.5 Å². The molecule has 2 aliphatic heterocycles. The van der Waals surface area contributed by atoms with Gasteiger partial charge in [0.25, 0.3) is 0 Å². The summed E-state index contributed by atoms with van der Waals surface area (Å²) in [5, 5.41) is 10.8. The molecule has 0 radical (unpaired) electrons. The lowest BCUT2D eigenvalue weighted by Crippen LogP contribution is -2.36. The fraction of sp³-hybridized carbons (Fsp3) is 0.433. The molecule has 3 aromatic rings. The number of ether oxygens (including phenoxy) is 2. The number of carbonyl (C=O) groups is 2. The van der Waals surface area contributed by atoms with E-state index in [1.807, 2.05) is 24.1 Å². The number of likely N-dealkylation sites (N-methyl/N-ethyl adjacent to an activating group) is 1. The van der Waals surface area contributed by atoms with E-state index in [9.17, 15) is 26.8 Å². The summed E-state index contributed by atoms with van der Waals surface area (Å²) < 4.78 is 65.8. The zero-order valence-electron chi connectivity index (χ0n) is 24.6. The number of aromatic nitrogens is 2. The Labute approximate surface area is 254 Å². The number of sulfonamides is 1. The van der Waals surface area contributed by atoms with Gasteiger partial charge in [0.15, 0.2) is 5.78 Å². The normalized spacial score (nSPS) is 15.9. The van der Waals surface area contributed by atoms with Crippen LogP contribution in [0.4, 0.5) is 20.2 Å². The Morgan fingerprint density at radius 3 is 2.59 bits per heavy atom. The standard InChI is InChI=1S/C30H35F2N5O6S/c1-19(38)43-12-9-36(2)23-3-4-25(28(16-23)33-22-6-10-42-11-7-22)30(39)17-29-26-18-37(8-5-27(26)34-35-29)44(40,41)24-14-20(31)13-21(32)15-24/h3-4,13-16,22,33H,5-12,17-18H2,1-2H3,(H,34,35). The monoisotopic (exact) mass is 631 g/mol. The predicted molar refractivity (Wildman–Crippen MR) is 158 cm³/mol. The zero-order valence-corrected chi connectivity index (χ0v) is 25.4. The van der Waals surface area contributed by atoms with E-state index in [1.54, 1.807) is 6.07 Å². The predicted octanol–water partition coefficient (Wildman–Crippen LogP) is 3.45. The number of ketones is 1. The third kappa shape index (κ3) is 7.25. The fourth-order valence-electron chi connectivity index (χ4n) is 5.40. The first-order valence-electron chi connectivity index (χ1n) is 14.4. The van der Waals surface area contributed by atoms with E-state index in [4.69, 9.17) is 9.47 Å². The van der Waals surface area contributed by atoms with E-state index >= 15 is 0 Å². The average molecular weight is 632 g/mol. The summed E-state index contributed by atoms with van der Waals surface area (Å²) in [6, 6.07) is 7.77. The van der Waals surface area contributed by atoms with Crippen molar-refractivity contribution in [3.8, 4) is 0 Å². The van der Waals surface area contributed by atoms with Crippen LogP contribution in [-0.4, -0.2) is 80.7 Å². The number of carbonyl (C=O) groups excluding carboxylic acids is 2. The van der Waals surface area contributed by atoms with Gasteiger partial charge in [0.1, 0.15) is 18.2 Å². The van der Waals surface area contributed by atoms with Gasteiger partial charge in [-0.1, -0.05) is 0 Å². The topological polar surface area (TPSA) is 134 Å². The number of aromatic amines is 1. The molecule has 2 N–H and O–H groups in total. The number of hydrogen-bond acceptors (Lipinski definition) is 9. The number of H-pyrrole nitrogens is 1. The van der Waals surface area contributed by atoms with Crippen LogP contribution in [0.25, 0.3) is 0 Å². The molecule has 11 nitrogen and oxygen atoms in total. The highest BCUT2D eigenvalue weighted by Gasteiger charge is 2.32. The number of nitrogens with one attached hydrogen (secondary N) is 2. The van der Waals surface area contributed by atoms with Gasteiger partial charge in [0.05, 0.1) is 23.6 Å². The lowest BCUT2D eigenvalue weighted by molar-refractivity contribution is -0.140. The van der Waals surface area contributed by atoms with E-state index in [0.717, 1.165) is 40.7 Å². The SMILES string of the molecule is CC(=O)OCCN(C)c1ccc(C(=O)Cc2n[nH]c3c2CN(S(=O)(=O)c2cc(F)cc(F)c2)CC3)c(NC2CCOCC2)c1. The highest BCUT2D eigenvalue weighted by molar-refractivity contribution is 7.89. The summed E-state index contributed by atoms with van der Waals surface area (Å²) in [5.41, 5.74) is 3.65. The van der Waals surface area contributed by atoms with Crippen molar-refractivity contribution in [2.75, 3.05) is 50.2 Å². The van der Waals surface area contributed by atoms with Crippen LogP contribution in [0.2, 0.25) is 0 Å². The van der Waals surface area contributed by atoms with Crippen LogP contribution >= 0.6 is 0 Å². The van der Waals surface area contributed by atoms with Crippen molar-refractivity contribution in [2.24, 2.45) is 0 Å². The van der Waals surface area contributed by atoms with Crippen LogP contribution in [0.15, 0.2) is 41.3 Å². The molecule has 14 heteroatoms. The number of nitrogens with zero attached hydrogens (tertiary/aromatic N) is 3. The Balaban J connectivity index is 1.37. The van der Waals surface area contributed by atoms with Gasteiger partial charge in [-0.3, -0.25) is 14.7 Å². The van der Waals surface area contributed by atoms with Gasteiger partial charge >= 0.3 is 5.97 Å². The largest absolute Gasteiger partial charge is 0.464 e. The molecule has 1 aromatic heterocycles. The van der Waals surface area contributed by atoms with Gasteiger partial charge in [-0.25, -0.2) is 17.2 Å². The third-order valence-electron chi connectivity index (χ3n) is 7.84. The maximum atomic E-state index is 13.8. The van der Waals surface area contributed by atoms with Gasteiger partial charge in [-0.2, -0.15) is 9.40 Å². The second kappa shape index (κ2) is 13.4. The highest BCUT2D eigenvalue weighted by Crippen LogP contribution is 2.30.